The number of esters is 1. The van der Waals surface area contributed by atoms with Gasteiger partial charge in [0, 0.05) is 19.5 Å². The Balaban J connectivity index is 1.82. The van der Waals surface area contributed by atoms with Crippen molar-refractivity contribution in [3.8, 4) is 0 Å². The van der Waals surface area contributed by atoms with Crippen molar-refractivity contribution in [3.05, 3.63) is 35.9 Å². The molecule has 16 heavy (non-hydrogen) atoms. The highest BCUT2D eigenvalue weighted by Crippen LogP contribution is 2.30. The molecule has 1 unspecified atom stereocenters. The van der Waals surface area contributed by atoms with Crippen LogP contribution in [0.4, 0.5) is 0 Å². The van der Waals surface area contributed by atoms with Crippen LogP contribution in [-0.2, 0) is 16.1 Å². The van der Waals surface area contributed by atoms with Crippen LogP contribution in [-0.4, -0.2) is 29.6 Å². The molecule has 0 N–H and O–H groups in total. The Morgan fingerprint density at radius 2 is 2.06 bits per heavy atom. The first-order valence-corrected chi connectivity index (χ1v) is 5.61. The third-order valence-corrected chi connectivity index (χ3v) is 3.08. The van der Waals surface area contributed by atoms with Crippen molar-refractivity contribution >= 4 is 5.97 Å². The molecule has 1 aromatic rings. The van der Waals surface area contributed by atoms with Gasteiger partial charge in [-0.1, -0.05) is 30.3 Å². The Hall–Kier alpha value is -1.35. The van der Waals surface area contributed by atoms with E-state index in [1.807, 2.05) is 18.2 Å². The Morgan fingerprint density at radius 1 is 1.38 bits per heavy atom. The number of hydrogen-bond acceptors (Lipinski definition) is 3. The van der Waals surface area contributed by atoms with Crippen molar-refractivity contribution in [3.63, 3.8) is 0 Å². The van der Waals surface area contributed by atoms with Crippen LogP contribution in [0.2, 0.25) is 0 Å². The van der Waals surface area contributed by atoms with Crippen molar-refractivity contribution < 1.29 is 9.53 Å². The summed E-state index contributed by atoms with van der Waals surface area (Å²) >= 11 is 0. The standard InChI is InChI=1S/C13H17NO2/c1-10-13(9-16-11(2)15)14(10)8-12-6-4-3-5-7-12/h3-7,10,13H,8-9H2,1-2H3/t10-,13+,14?/m0/s1. The Kier molecular flexibility index (Phi) is 3.25. The Morgan fingerprint density at radius 3 is 2.69 bits per heavy atom. The maximum atomic E-state index is 10.7. The quantitative estimate of drug-likeness (QED) is 0.571. The van der Waals surface area contributed by atoms with Gasteiger partial charge in [-0.3, -0.25) is 9.69 Å². The molecule has 0 saturated carbocycles. The van der Waals surface area contributed by atoms with E-state index in [9.17, 15) is 4.79 Å². The van der Waals surface area contributed by atoms with Crippen LogP contribution in [0.15, 0.2) is 30.3 Å². The number of ether oxygens (including phenoxy) is 1. The monoisotopic (exact) mass is 219 g/mol. The van der Waals surface area contributed by atoms with E-state index in [0.717, 1.165) is 6.54 Å². The van der Waals surface area contributed by atoms with Crippen LogP contribution in [0.25, 0.3) is 0 Å². The van der Waals surface area contributed by atoms with Crippen LogP contribution in [0.3, 0.4) is 0 Å². The summed E-state index contributed by atoms with van der Waals surface area (Å²) < 4.78 is 5.02. The third-order valence-electron chi connectivity index (χ3n) is 3.08. The molecule has 3 heteroatoms. The first kappa shape index (κ1) is 11.1. The number of nitrogens with zero attached hydrogens (tertiary/aromatic N) is 1. The number of carbonyl (C=O) groups excluding carboxylic acids is 1. The van der Waals surface area contributed by atoms with Gasteiger partial charge in [-0.15, -0.1) is 0 Å². The van der Waals surface area contributed by atoms with Gasteiger partial charge in [-0.05, 0) is 12.5 Å². The van der Waals surface area contributed by atoms with E-state index in [2.05, 4.69) is 24.0 Å². The number of carbonyl (C=O) groups is 1. The fourth-order valence-corrected chi connectivity index (χ4v) is 1.97. The molecule has 1 aliphatic rings. The number of hydrogen-bond donors (Lipinski definition) is 0. The average molecular weight is 219 g/mol. The minimum atomic E-state index is -0.196. The van der Waals surface area contributed by atoms with Gasteiger partial charge in [0.15, 0.2) is 0 Å². The molecule has 0 aromatic heterocycles. The summed E-state index contributed by atoms with van der Waals surface area (Å²) in [5.74, 6) is -0.196. The summed E-state index contributed by atoms with van der Waals surface area (Å²) in [4.78, 5) is 13.0. The van der Waals surface area contributed by atoms with Crippen molar-refractivity contribution in [2.24, 2.45) is 0 Å². The summed E-state index contributed by atoms with van der Waals surface area (Å²) in [6.45, 7) is 5.07. The molecular weight excluding hydrogens is 202 g/mol. The summed E-state index contributed by atoms with van der Waals surface area (Å²) in [6, 6.07) is 11.3. The summed E-state index contributed by atoms with van der Waals surface area (Å²) in [7, 11) is 0. The van der Waals surface area contributed by atoms with Crippen molar-refractivity contribution in [1.29, 1.82) is 0 Å². The lowest BCUT2D eigenvalue weighted by molar-refractivity contribution is -0.141. The zero-order chi connectivity index (χ0) is 11.5. The van der Waals surface area contributed by atoms with Crippen molar-refractivity contribution in [1.82, 2.24) is 4.90 Å². The maximum Gasteiger partial charge on any atom is 0.302 e. The fourth-order valence-electron chi connectivity index (χ4n) is 1.97. The summed E-state index contributed by atoms with van der Waals surface area (Å²) in [6.07, 6.45) is 0. The fraction of sp³-hybridized carbons (Fsp3) is 0.462. The van der Waals surface area contributed by atoms with Crippen LogP contribution in [0.5, 0.6) is 0 Å². The van der Waals surface area contributed by atoms with E-state index in [4.69, 9.17) is 4.74 Å². The first-order chi connectivity index (χ1) is 7.68. The van der Waals surface area contributed by atoms with Crippen LogP contribution in [0.1, 0.15) is 19.4 Å². The van der Waals surface area contributed by atoms with Gasteiger partial charge in [-0.25, -0.2) is 0 Å². The molecular formula is C13H17NO2. The highest BCUT2D eigenvalue weighted by Gasteiger charge is 2.44. The molecule has 1 aromatic carbocycles. The van der Waals surface area contributed by atoms with E-state index >= 15 is 0 Å². The lowest BCUT2D eigenvalue weighted by atomic mass is 10.2. The topological polar surface area (TPSA) is 29.3 Å². The Bertz CT molecular complexity index is 363. The predicted octanol–water partition coefficient (Wildman–Crippen LogP) is 1.82. The van der Waals surface area contributed by atoms with Crippen molar-refractivity contribution in [2.75, 3.05) is 6.61 Å². The van der Waals surface area contributed by atoms with Crippen molar-refractivity contribution in [2.45, 2.75) is 32.5 Å². The molecule has 0 aliphatic carbocycles. The smallest absolute Gasteiger partial charge is 0.302 e. The molecule has 1 saturated heterocycles. The van der Waals surface area contributed by atoms with Crippen LogP contribution in [0, 0.1) is 0 Å². The zero-order valence-corrected chi connectivity index (χ0v) is 9.72. The molecule has 3 atom stereocenters. The lowest BCUT2D eigenvalue weighted by Crippen LogP contribution is -2.11. The highest BCUT2D eigenvalue weighted by molar-refractivity contribution is 5.65. The zero-order valence-electron chi connectivity index (χ0n) is 9.72. The summed E-state index contributed by atoms with van der Waals surface area (Å²) in [5.41, 5.74) is 1.31. The lowest BCUT2D eigenvalue weighted by Gasteiger charge is -2.04. The molecule has 1 aliphatic heterocycles. The molecule has 0 amide bonds. The van der Waals surface area contributed by atoms with E-state index in [-0.39, 0.29) is 5.97 Å². The SMILES string of the molecule is CC(=O)OC[C@@H]1[C@H](C)N1Cc1ccccc1. The maximum absolute atomic E-state index is 10.7. The van der Waals surface area contributed by atoms with E-state index in [1.54, 1.807) is 0 Å². The van der Waals surface area contributed by atoms with Gasteiger partial charge < -0.3 is 4.74 Å². The second kappa shape index (κ2) is 4.66. The summed E-state index contributed by atoms with van der Waals surface area (Å²) in [5, 5.41) is 0. The van der Waals surface area contributed by atoms with Gasteiger partial charge >= 0.3 is 5.97 Å². The highest BCUT2D eigenvalue weighted by atomic mass is 16.5. The molecule has 1 heterocycles. The molecule has 2 rings (SSSR count). The molecule has 1 fully saturated rings. The third kappa shape index (κ3) is 2.61. The largest absolute Gasteiger partial charge is 0.464 e. The van der Waals surface area contributed by atoms with Crippen LogP contribution < -0.4 is 0 Å². The molecule has 0 radical (unpaired) electrons. The second-order valence-corrected chi connectivity index (χ2v) is 4.27. The van der Waals surface area contributed by atoms with E-state index in [0.29, 0.717) is 18.7 Å². The predicted molar refractivity (Wildman–Crippen MR) is 61.9 cm³/mol. The van der Waals surface area contributed by atoms with Gasteiger partial charge in [-0.2, -0.15) is 0 Å². The minimum Gasteiger partial charge on any atom is -0.464 e. The molecule has 0 bridgehead atoms. The van der Waals surface area contributed by atoms with Gasteiger partial charge in [0.1, 0.15) is 6.61 Å². The molecule has 0 spiro atoms. The normalized spacial score (nSPS) is 27.5. The number of rotatable bonds is 4. The average Bonchev–Trinajstić information content (AvgIpc) is 2.87. The Labute approximate surface area is 96.0 Å². The molecule has 86 valence electrons. The van der Waals surface area contributed by atoms with E-state index in [1.165, 1.54) is 12.5 Å². The van der Waals surface area contributed by atoms with Gasteiger partial charge in [0.25, 0.3) is 0 Å². The molecule has 3 nitrogen and oxygen atoms in total. The number of benzene rings is 1. The first-order valence-electron chi connectivity index (χ1n) is 5.61. The van der Waals surface area contributed by atoms with E-state index < -0.39 is 0 Å². The van der Waals surface area contributed by atoms with Gasteiger partial charge in [0.05, 0.1) is 6.04 Å². The second-order valence-electron chi connectivity index (χ2n) is 4.27. The van der Waals surface area contributed by atoms with Gasteiger partial charge in [0.2, 0.25) is 0 Å². The minimum absolute atomic E-state index is 0.196. The van der Waals surface area contributed by atoms with Crippen LogP contribution >= 0.6 is 0 Å².